The van der Waals surface area contributed by atoms with E-state index in [1.165, 1.54) is 0 Å². The highest BCUT2D eigenvalue weighted by Crippen LogP contribution is 2.28. The predicted octanol–water partition coefficient (Wildman–Crippen LogP) is 4.51. The molecule has 110 valence electrons. The maximum atomic E-state index is 10.9. The van der Waals surface area contributed by atoms with Crippen LogP contribution in [0, 0.1) is 0 Å². The Hall–Kier alpha value is -3.20. The van der Waals surface area contributed by atoms with Gasteiger partial charge in [0.25, 0.3) is 0 Å². The van der Waals surface area contributed by atoms with Crippen LogP contribution in [0.2, 0.25) is 0 Å². The van der Waals surface area contributed by atoms with Crippen molar-refractivity contribution < 1.29 is 4.79 Å². The minimum absolute atomic E-state index is 0.666. The molecule has 23 heavy (non-hydrogen) atoms. The van der Waals surface area contributed by atoms with Gasteiger partial charge in [-0.25, -0.2) is 4.98 Å². The van der Waals surface area contributed by atoms with Gasteiger partial charge < -0.3 is 0 Å². The average molecular weight is 298 g/mol. The Labute approximate surface area is 133 Å². The van der Waals surface area contributed by atoms with Crippen LogP contribution in [0.4, 0.5) is 0 Å². The lowest BCUT2D eigenvalue weighted by Gasteiger charge is -2.09. The highest BCUT2D eigenvalue weighted by Gasteiger charge is 2.13. The predicted molar refractivity (Wildman–Crippen MR) is 91.9 cm³/mol. The standard InChI is InChI=1S/C20H14N2O/c23-14-15-10-12-17(13-11-15)22-19-9-5-4-8-18(19)21-20(22)16-6-2-1-3-7-16/h1-14H. The van der Waals surface area contributed by atoms with Crippen molar-refractivity contribution in [3.63, 3.8) is 0 Å². The molecular formula is C20H14N2O. The summed E-state index contributed by atoms with van der Waals surface area (Å²) >= 11 is 0. The van der Waals surface area contributed by atoms with Crippen LogP contribution in [0.25, 0.3) is 28.1 Å². The van der Waals surface area contributed by atoms with Crippen LogP contribution >= 0.6 is 0 Å². The summed E-state index contributed by atoms with van der Waals surface area (Å²) in [4.78, 5) is 15.7. The van der Waals surface area contributed by atoms with E-state index in [4.69, 9.17) is 4.98 Å². The number of para-hydroxylation sites is 2. The number of fused-ring (bicyclic) bond motifs is 1. The Balaban J connectivity index is 2.01. The SMILES string of the molecule is O=Cc1ccc(-n2c(-c3ccccc3)nc3ccccc32)cc1. The largest absolute Gasteiger partial charge is 0.298 e. The fourth-order valence-corrected chi connectivity index (χ4v) is 2.77. The molecule has 1 aromatic heterocycles. The molecule has 0 radical (unpaired) electrons. The summed E-state index contributed by atoms with van der Waals surface area (Å²) in [5.74, 6) is 0.894. The first kappa shape index (κ1) is 13.5. The minimum atomic E-state index is 0.666. The number of carbonyl (C=O) groups excluding carboxylic acids is 1. The number of hydrogen-bond donors (Lipinski definition) is 0. The second-order valence-corrected chi connectivity index (χ2v) is 5.33. The van der Waals surface area contributed by atoms with Crippen LogP contribution in [0.1, 0.15) is 10.4 Å². The van der Waals surface area contributed by atoms with Crippen molar-refractivity contribution in [3.8, 4) is 17.1 Å². The van der Waals surface area contributed by atoms with Crippen molar-refractivity contribution >= 4 is 17.3 Å². The number of imidazole rings is 1. The molecule has 0 unspecified atom stereocenters. The summed E-state index contributed by atoms with van der Waals surface area (Å²) in [6.45, 7) is 0. The van der Waals surface area contributed by atoms with E-state index in [-0.39, 0.29) is 0 Å². The lowest BCUT2D eigenvalue weighted by Crippen LogP contribution is -1.97. The zero-order chi connectivity index (χ0) is 15.6. The first-order valence-electron chi connectivity index (χ1n) is 7.45. The number of nitrogens with zero attached hydrogens (tertiary/aromatic N) is 2. The summed E-state index contributed by atoms with van der Waals surface area (Å²) in [5, 5.41) is 0. The van der Waals surface area contributed by atoms with Crippen LogP contribution in [0.3, 0.4) is 0 Å². The van der Waals surface area contributed by atoms with Crippen LogP contribution in [0.5, 0.6) is 0 Å². The van der Waals surface area contributed by atoms with E-state index >= 15 is 0 Å². The normalized spacial score (nSPS) is 10.8. The molecule has 4 aromatic rings. The molecule has 0 bridgehead atoms. The Morgan fingerprint density at radius 2 is 1.48 bits per heavy atom. The number of aldehydes is 1. The lowest BCUT2D eigenvalue weighted by molar-refractivity contribution is 0.112. The number of hydrogen-bond acceptors (Lipinski definition) is 2. The fraction of sp³-hybridized carbons (Fsp3) is 0. The summed E-state index contributed by atoms with van der Waals surface area (Å²) in [5.41, 5.74) is 4.71. The number of aromatic nitrogens is 2. The topological polar surface area (TPSA) is 34.9 Å². The maximum absolute atomic E-state index is 10.9. The molecular weight excluding hydrogens is 284 g/mol. The summed E-state index contributed by atoms with van der Waals surface area (Å²) in [7, 11) is 0. The third-order valence-electron chi connectivity index (χ3n) is 3.88. The van der Waals surface area contributed by atoms with Crippen molar-refractivity contribution in [1.29, 1.82) is 0 Å². The van der Waals surface area contributed by atoms with E-state index in [1.807, 2.05) is 60.7 Å². The van der Waals surface area contributed by atoms with Gasteiger partial charge in [-0.3, -0.25) is 9.36 Å². The molecule has 3 nitrogen and oxygen atoms in total. The van der Waals surface area contributed by atoms with Gasteiger partial charge >= 0.3 is 0 Å². The van der Waals surface area contributed by atoms with Crippen LogP contribution in [-0.4, -0.2) is 15.8 Å². The van der Waals surface area contributed by atoms with Crippen molar-refractivity contribution in [2.75, 3.05) is 0 Å². The second kappa shape index (κ2) is 5.54. The summed E-state index contributed by atoms with van der Waals surface area (Å²) < 4.78 is 2.12. The number of rotatable bonds is 3. The van der Waals surface area contributed by atoms with E-state index in [9.17, 15) is 4.79 Å². The van der Waals surface area contributed by atoms with Gasteiger partial charge in [0.2, 0.25) is 0 Å². The Morgan fingerprint density at radius 3 is 2.22 bits per heavy atom. The van der Waals surface area contributed by atoms with Gasteiger partial charge in [0.15, 0.2) is 0 Å². The molecule has 0 fully saturated rings. The third kappa shape index (κ3) is 2.32. The quantitative estimate of drug-likeness (QED) is 0.522. The molecule has 3 aromatic carbocycles. The smallest absolute Gasteiger partial charge is 0.150 e. The molecule has 0 aliphatic rings. The van der Waals surface area contributed by atoms with Gasteiger partial charge in [-0.2, -0.15) is 0 Å². The molecule has 0 saturated carbocycles. The molecule has 0 amide bonds. The number of carbonyl (C=O) groups is 1. The first-order valence-corrected chi connectivity index (χ1v) is 7.45. The first-order chi connectivity index (χ1) is 11.4. The minimum Gasteiger partial charge on any atom is -0.298 e. The van der Waals surface area contributed by atoms with Crippen LogP contribution < -0.4 is 0 Å². The van der Waals surface area contributed by atoms with E-state index in [0.717, 1.165) is 34.4 Å². The lowest BCUT2D eigenvalue weighted by atomic mass is 10.2. The molecule has 0 spiro atoms. The molecule has 3 heteroatoms. The molecule has 0 N–H and O–H groups in total. The number of benzene rings is 3. The zero-order valence-electron chi connectivity index (χ0n) is 12.4. The Kier molecular flexibility index (Phi) is 3.24. The highest BCUT2D eigenvalue weighted by atomic mass is 16.1. The second-order valence-electron chi connectivity index (χ2n) is 5.33. The van der Waals surface area contributed by atoms with Crippen molar-refractivity contribution in [1.82, 2.24) is 9.55 Å². The molecule has 0 aliphatic heterocycles. The van der Waals surface area contributed by atoms with Gasteiger partial charge in [0, 0.05) is 16.8 Å². The highest BCUT2D eigenvalue weighted by molar-refractivity contribution is 5.83. The van der Waals surface area contributed by atoms with E-state index in [0.29, 0.717) is 5.56 Å². The van der Waals surface area contributed by atoms with Gasteiger partial charge in [0.05, 0.1) is 11.0 Å². The third-order valence-corrected chi connectivity index (χ3v) is 3.88. The Morgan fingerprint density at radius 1 is 0.783 bits per heavy atom. The molecule has 0 saturated heterocycles. The molecule has 1 heterocycles. The maximum Gasteiger partial charge on any atom is 0.150 e. The summed E-state index contributed by atoms with van der Waals surface area (Å²) in [6.07, 6.45) is 0.855. The van der Waals surface area contributed by atoms with Crippen LogP contribution in [-0.2, 0) is 0 Å². The van der Waals surface area contributed by atoms with Crippen molar-refractivity contribution in [3.05, 3.63) is 84.4 Å². The molecule has 0 atom stereocenters. The summed E-state index contributed by atoms with van der Waals surface area (Å²) in [6, 6.07) is 25.7. The zero-order valence-corrected chi connectivity index (χ0v) is 12.4. The monoisotopic (exact) mass is 298 g/mol. The average Bonchev–Trinajstić information content (AvgIpc) is 3.02. The van der Waals surface area contributed by atoms with E-state index in [1.54, 1.807) is 0 Å². The fourth-order valence-electron chi connectivity index (χ4n) is 2.77. The molecule has 4 rings (SSSR count). The Bertz CT molecular complexity index is 970. The van der Waals surface area contributed by atoms with Gasteiger partial charge in [-0.05, 0) is 36.4 Å². The van der Waals surface area contributed by atoms with Crippen LogP contribution in [0.15, 0.2) is 78.9 Å². The van der Waals surface area contributed by atoms with Crippen molar-refractivity contribution in [2.45, 2.75) is 0 Å². The van der Waals surface area contributed by atoms with E-state index < -0.39 is 0 Å². The van der Waals surface area contributed by atoms with Crippen molar-refractivity contribution in [2.24, 2.45) is 0 Å². The molecule has 0 aliphatic carbocycles. The van der Waals surface area contributed by atoms with Gasteiger partial charge in [-0.1, -0.05) is 42.5 Å². The van der Waals surface area contributed by atoms with E-state index in [2.05, 4.69) is 22.8 Å². The van der Waals surface area contributed by atoms with Gasteiger partial charge in [0.1, 0.15) is 12.1 Å². The van der Waals surface area contributed by atoms with Gasteiger partial charge in [-0.15, -0.1) is 0 Å².